The van der Waals surface area contributed by atoms with Crippen LogP contribution in [-0.4, -0.2) is 14.4 Å². The van der Waals surface area contributed by atoms with Crippen LogP contribution in [0.1, 0.15) is 37.5 Å². The molecular formula is C25H27ClN2O3S. The van der Waals surface area contributed by atoms with Gasteiger partial charge in [-0.1, -0.05) is 68.8 Å². The van der Waals surface area contributed by atoms with Crippen LogP contribution in [-0.2, 0) is 21.0 Å². The van der Waals surface area contributed by atoms with Gasteiger partial charge >= 0.3 is 6.03 Å². The monoisotopic (exact) mass is 470 g/mol. The largest absolute Gasteiger partial charge is 0.323 e. The molecule has 0 aliphatic heterocycles. The zero-order valence-corrected chi connectivity index (χ0v) is 20.1. The molecule has 0 fully saturated rings. The molecule has 0 saturated heterocycles. The Balaban J connectivity index is 1.80. The van der Waals surface area contributed by atoms with Crippen LogP contribution in [0.3, 0.4) is 0 Å². The molecule has 0 radical (unpaired) electrons. The number of benzene rings is 3. The summed E-state index contributed by atoms with van der Waals surface area (Å²) in [5.74, 6) is -0.153. The van der Waals surface area contributed by atoms with Crippen molar-refractivity contribution >= 4 is 38.8 Å². The van der Waals surface area contributed by atoms with E-state index in [0.717, 1.165) is 5.56 Å². The SMILES string of the molecule is Cc1ccc(NC(=O)Nc2ccccc2C(C)(C)C)cc1S(=O)(=O)Cc1ccc(Cl)cc1. The number of para-hydroxylation sites is 1. The van der Waals surface area contributed by atoms with Gasteiger partial charge in [0, 0.05) is 16.4 Å². The summed E-state index contributed by atoms with van der Waals surface area (Å²) in [5, 5.41) is 6.17. The summed E-state index contributed by atoms with van der Waals surface area (Å²) in [6.07, 6.45) is 0. The maximum atomic E-state index is 13.0. The standard InChI is InChI=1S/C25H27ClN2O3S/c1-17-9-14-20(15-23(17)32(30,31)16-18-10-12-19(26)13-11-18)27-24(29)28-22-8-6-5-7-21(22)25(2,3)4/h5-15H,16H2,1-4H3,(H2,27,28,29). The van der Waals surface area contributed by atoms with Gasteiger partial charge in [-0.3, -0.25) is 0 Å². The molecular weight excluding hydrogens is 444 g/mol. The third-order valence-corrected chi connectivity index (χ3v) is 7.11. The number of carbonyl (C=O) groups is 1. The highest BCUT2D eigenvalue weighted by molar-refractivity contribution is 7.90. The number of urea groups is 1. The summed E-state index contributed by atoms with van der Waals surface area (Å²) in [6, 6.07) is 18.8. The first kappa shape index (κ1) is 23.8. The Morgan fingerprint density at radius 3 is 2.25 bits per heavy atom. The van der Waals surface area contributed by atoms with Gasteiger partial charge in [0.1, 0.15) is 0 Å². The maximum absolute atomic E-state index is 13.0. The fraction of sp³-hybridized carbons (Fsp3) is 0.240. The molecule has 5 nitrogen and oxygen atoms in total. The van der Waals surface area contributed by atoms with Crippen LogP contribution in [0.2, 0.25) is 5.02 Å². The number of hydrogen-bond acceptors (Lipinski definition) is 3. The summed E-state index contributed by atoms with van der Waals surface area (Å²) >= 11 is 5.89. The van der Waals surface area contributed by atoms with Crippen LogP contribution in [0.15, 0.2) is 71.6 Å². The van der Waals surface area contributed by atoms with E-state index in [-0.39, 0.29) is 16.1 Å². The van der Waals surface area contributed by atoms with Crippen LogP contribution in [0.5, 0.6) is 0 Å². The van der Waals surface area contributed by atoms with E-state index in [0.29, 0.717) is 27.5 Å². The minimum absolute atomic E-state index is 0.142. The van der Waals surface area contributed by atoms with E-state index in [9.17, 15) is 13.2 Å². The van der Waals surface area contributed by atoms with Crippen LogP contribution < -0.4 is 10.6 Å². The average Bonchev–Trinajstić information content (AvgIpc) is 2.70. The smallest absolute Gasteiger partial charge is 0.308 e. The first-order valence-corrected chi connectivity index (χ1v) is 12.2. The lowest BCUT2D eigenvalue weighted by molar-refractivity contribution is 0.262. The number of sulfone groups is 1. The van der Waals surface area contributed by atoms with Crippen LogP contribution in [0.25, 0.3) is 0 Å². The molecule has 2 amide bonds. The zero-order chi connectivity index (χ0) is 23.5. The van der Waals surface area contributed by atoms with Gasteiger partial charge in [0.15, 0.2) is 9.84 Å². The van der Waals surface area contributed by atoms with Gasteiger partial charge in [-0.2, -0.15) is 0 Å². The number of nitrogens with one attached hydrogen (secondary N) is 2. The highest BCUT2D eigenvalue weighted by Gasteiger charge is 2.21. The minimum atomic E-state index is -3.61. The fourth-order valence-corrected chi connectivity index (χ4v) is 5.20. The highest BCUT2D eigenvalue weighted by Crippen LogP contribution is 2.29. The van der Waals surface area contributed by atoms with Gasteiger partial charge in [-0.05, 0) is 59.4 Å². The zero-order valence-electron chi connectivity index (χ0n) is 18.6. The van der Waals surface area contributed by atoms with E-state index in [2.05, 4.69) is 31.4 Å². The molecule has 168 valence electrons. The molecule has 3 aromatic carbocycles. The summed E-state index contributed by atoms with van der Waals surface area (Å²) in [5.41, 5.74) is 3.23. The summed E-state index contributed by atoms with van der Waals surface area (Å²) in [7, 11) is -3.61. The third kappa shape index (κ3) is 5.90. The predicted molar refractivity (Wildman–Crippen MR) is 131 cm³/mol. The van der Waals surface area contributed by atoms with Crippen molar-refractivity contribution in [3.8, 4) is 0 Å². The lowest BCUT2D eigenvalue weighted by atomic mass is 9.86. The van der Waals surface area contributed by atoms with Crippen molar-refractivity contribution in [3.63, 3.8) is 0 Å². The molecule has 0 aliphatic rings. The molecule has 3 rings (SSSR count). The third-order valence-electron chi connectivity index (χ3n) is 5.03. The van der Waals surface area contributed by atoms with Crippen molar-refractivity contribution in [1.29, 1.82) is 0 Å². The molecule has 0 saturated carbocycles. The Hall–Kier alpha value is -2.83. The van der Waals surface area contributed by atoms with Crippen molar-refractivity contribution in [1.82, 2.24) is 0 Å². The maximum Gasteiger partial charge on any atom is 0.323 e. The molecule has 0 atom stereocenters. The molecule has 2 N–H and O–H groups in total. The Kier molecular flexibility index (Phi) is 6.96. The van der Waals surface area contributed by atoms with Gasteiger partial charge in [-0.25, -0.2) is 13.2 Å². The number of amides is 2. The second-order valence-electron chi connectivity index (χ2n) is 8.74. The van der Waals surface area contributed by atoms with Crippen LogP contribution >= 0.6 is 11.6 Å². The van der Waals surface area contributed by atoms with Gasteiger partial charge in [0.25, 0.3) is 0 Å². The fourth-order valence-electron chi connectivity index (χ4n) is 3.42. The molecule has 0 unspecified atom stereocenters. The Bertz CT molecular complexity index is 1230. The summed E-state index contributed by atoms with van der Waals surface area (Å²) in [4.78, 5) is 12.8. The van der Waals surface area contributed by atoms with E-state index in [4.69, 9.17) is 11.6 Å². The number of hydrogen-bond donors (Lipinski definition) is 2. The Labute approximate surface area is 194 Å². The molecule has 0 bridgehead atoms. The van der Waals surface area contributed by atoms with E-state index in [1.54, 1.807) is 43.3 Å². The number of anilines is 2. The van der Waals surface area contributed by atoms with Crippen molar-refractivity contribution in [3.05, 3.63) is 88.4 Å². The first-order valence-electron chi connectivity index (χ1n) is 10.2. The topological polar surface area (TPSA) is 75.3 Å². The van der Waals surface area contributed by atoms with Crippen molar-refractivity contribution in [2.75, 3.05) is 10.6 Å². The van der Waals surface area contributed by atoms with Gasteiger partial charge in [-0.15, -0.1) is 0 Å². The van der Waals surface area contributed by atoms with E-state index in [1.807, 2.05) is 24.3 Å². The molecule has 0 heterocycles. The lowest BCUT2D eigenvalue weighted by Gasteiger charge is -2.23. The minimum Gasteiger partial charge on any atom is -0.308 e. The van der Waals surface area contributed by atoms with E-state index >= 15 is 0 Å². The Morgan fingerprint density at radius 1 is 0.938 bits per heavy atom. The van der Waals surface area contributed by atoms with Gasteiger partial charge in [0.05, 0.1) is 10.6 Å². The summed E-state index contributed by atoms with van der Waals surface area (Å²) < 4.78 is 26.1. The molecule has 7 heteroatoms. The van der Waals surface area contributed by atoms with Crippen molar-refractivity contribution in [2.24, 2.45) is 0 Å². The van der Waals surface area contributed by atoms with Gasteiger partial charge in [0.2, 0.25) is 0 Å². The predicted octanol–water partition coefficient (Wildman–Crippen LogP) is 6.56. The molecule has 3 aromatic rings. The number of rotatable bonds is 5. The number of aryl methyl sites for hydroxylation is 1. The van der Waals surface area contributed by atoms with E-state index < -0.39 is 15.9 Å². The molecule has 0 aromatic heterocycles. The van der Waals surface area contributed by atoms with Crippen molar-refractivity contribution in [2.45, 2.75) is 43.8 Å². The van der Waals surface area contributed by atoms with E-state index in [1.165, 1.54) is 6.07 Å². The van der Waals surface area contributed by atoms with Gasteiger partial charge < -0.3 is 10.6 Å². The van der Waals surface area contributed by atoms with Crippen LogP contribution in [0, 0.1) is 6.92 Å². The number of halogens is 1. The average molecular weight is 471 g/mol. The number of carbonyl (C=O) groups excluding carboxylic acids is 1. The molecule has 32 heavy (non-hydrogen) atoms. The molecule has 0 aliphatic carbocycles. The van der Waals surface area contributed by atoms with Crippen molar-refractivity contribution < 1.29 is 13.2 Å². The Morgan fingerprint density at radius 2 is 1.59 bits per heavy atom. The molecule has 0 spiro atoms. The first-order chi connectivity index (χ1) is 15.0. The lowest BCUT2D eigenvalue weighted by Crippen LogP contribution is -2.23. The highest BCUT2D eigenvalue weighted by atomic mass is 35.5. The van der Waals surface area contributed by atoms with Crippen LogP contribution in [0.4, 0.5) is 16.2 Å². The second kappa shape index (κ2) is 9.35. The summed E-state index contributed by atoms with van der Waals surface area (Å²) in [6.45, 7) is 7.95. The second-order valence-corrected chi connectivity index (χ2v) is 11.1. The quantitative estimate of drug-likeness (QED) is 0.443. The normalized spacial score (nSPS) is 11.8.